The molecule has 0 bridgehead atoms. The molecule has 11 heteroatoms. The lowest BCUT2D eigenvalue weighted by Gasteiger charge is -2.11. The van der Waals surface area contributed by atoms with Gasteiger partial charge >= 0.3 is 6.03 Å². The number of rotatable bonds is 4. The SMILES string of the molecule is O=C1N=C(c2ccccc2S(=O)(=O)O)C(c2ccccc2S(=O)(=O)O)=N1. The fourth-order valence-electron chi connectivity index (χ4n) is 2.47. The minimum absolute atomic E-state index is 0.134. The zero-order valence-electron chi connectivity index (χ0n) is 12.8. The Labute approximate surface area is 148 Å². The molecule has 0 atom stereocenters. The van der Waals surface area contributed by atoms with Crippen molar-refractivity contribution in [2.45, 2.75) is 9.79 Å². The van der Waals surface area contributed by atoms with Gasteiger partial charge in [-0.3, -0.25) is 9.11 Å². The van der Waals surface area contributed by atoms with Crippen LogP contribution in [-0.4, -0.2) is 43.4 Å². The van der Waals surface area contributed by atoms with Gasteiger partial charge in [-0.1, -0.05) is 36.4 Å². The second kappa shape index (κ2) is 6.21. The van der Waals surface area contributed by atoms with Crippen molar-refractivity contribution in [2.75, 3.05) is 0 Å². The van der Waals surface area contributed by atoms with Gasteiger partial charge in [0.2, 0.25) is 0 Å². The number of urea groups is 1. The summed E-state index contributed by atoms with van der Waals surface area (Å²) in [7, 11) is -9.29. The molecule has 1 aliphatic heterocycles. The van der Waals surface area contributed by atoms with Crippen LogP contribution < -0.4 is 0 Å². The molecule has 134 valence electrons. The van der Waals surface area contributed by atoms with Gasteiger partial charge in [0.05, 0.1) is 0 Å². The van der Waals surface area contributed by atoms with Gasteiger partial charge in [0.1, 0.15) is 21.2 Å². The Morgan fingerprint density at radius 3 is 1.35 bits per heavy atom. The predicted molar refractivity (Wildman–Crippen MR) is 91.0 cm³/mol. The van der Waals surface area contributed by atoms with Crippen LogP contribution >= 0.6 is 0 Å². The number of nitrogens with zero attached hydrogens (tertiary/aromatic N) is 2. The Morgan fingerprint density at radius 1 is 0.654 bits per heavy atom. The van der Waals surface area contributed by atoms with E-state index in [9.17, 15) is 30.7 Å². The van der Waals surface area contributed by atoms with Gasteiger partial charge in [0.15, 0.2) is 0 Å². The Hall–Kier alpha value is -2.73. The number of carbonyl (C=O) groups is 1. The highest BCUT2D eigenvalue weighted by atomic mass is 32.2. The van der Waals surface area contributed by atoms with Gasteiger partial charge in [-0.25, -0.2) is 4.79 Å². The van der Waals surface area contributed by atoms with E-state index < -0.39 is 36.1 Å². The van der Waals surface area contributed by atoms with Crippen molar-refractivity contribution < 1.29 is 30.7 Å². The molecule has 2 N–H and O–H groups in total. The molecule has 2 amide bonds. The minimum Gasteiger partial charge on any atom is -0.282 e. The number of hydrogen-bond donors (Lipinski definition) is 2. The van der Waals surface area contributed by atoms with E-state index in [0.29, 0.717) is 0 Å². The van der Waals surface area contributed by atoms with Gasteiger partial charge in [-0.05, 0) is 12.1 Å². The zero-order valence-corrected chi connectivity index (χ0v) is 14.4. The van der Waals surface area contributed by atoms with Crippen LogP contribution in [0, 0.1) is 0 Å². The lowest BCUT2D eigenvalue weighted by Crippen LogP contribution is -2.20. The summed E-state index contributed by atoms with van der Waals surface area (Å²) in [6.45, 7) is 0. The molecule has 1 aliphatic rings. The highest BCUT2D eigenvalue weighted by Crippen LogP contribution is 2.25. The van der Waals surface area contributed by atoms with Crippen molar-refractivity contribution in [3.8, 4) is 0 Å². The maximum Gasteiger partial charge on any atom is 0.368 e. The standard InChI is InChI=1S/C15H10N2O7S2/c18-15-16-13(9-5-1-3-7-11(9)25(19,20)21)14(17-15)10-6-2-4-8-12(10)26(22,23)24/h1-8H,(H,19,20,21)(H,22,23,24). The smallest absolute Gasteiger partial charge is 0.282 e. The van der Waals surface area contributed by atoms with E-state index in [1.165, 1.54) is 36.4 Å². The molecule has 0 saturated heterocycles. The van der Waals surface area contributed by atoms with Crippen LogP contribution in [0.3, 0.4) is 0 Å². The summed E-state index contributed by atoms with van der Waals surface area (Å²) in [5.74, 6) is 0. The Kier molecular flexibility index (Phi) is 4.32. The van der Waals surface area contributed by atoms with Crippen LogP contribution in [0.4, 0.5) is 4.79 Å². The maximum atomic E-state index is 11.7. The maximum absolute atomic E-state index is 11.7. The van der Waals surface area contributed by atoms with Crippen LogP contribution in [0.5, 0.6) is 0 Å². The molecule has 1 heterocycles. The predicted octanol–water partition coefficient (Wildman–Crippen LogP) is 1.59. The van der Waals surface area contributed by atoms with Crippen molar-refractivity contribution >= 4 is 37.7 Å². The quantitative estimate of drug-likeness (QED) is 0.747. The van der Waals surface area contributed by atoms with Gasteiger partial charge in [0, 0.05) is 11.1 Å². The first-order valence-corrected chi connectivity index (χ1v) is 9.82. The van der Waals surface area contributed by atoms with E-state index in [4.69, 9.17) is 0 Å². The van der Waals surface area contributed by atoms with Crippen LogP contribution in [0.1, 0.15) is 11.1 Å². The Bertz CT molecular complexity index is 1100. The zero-order chi connectivity index (χ0) is 19.1. The molecule has 2 aromatic rings. The van der Waals surface area contributed by atoms with Crippen LogP contribution in [0.25, 0.3) is 0 Å². The molecule has 2 aromatic carbocycles. The Morgan fingerprint density at radius 2 is 1.00 bits per heavy atom. The van der Waals surface area contributed by atoms with E-state index in [1.807, 2.05) is 0 Å². The molecule has 0 aromatic heterocycles. The summed E-state index contributed by atoms with van der Waals surface area (Å²) < 4.78 is 65.2. The molecule has 0 unspecified atom stereocenters. The first-order valence-electron chi connectivity index (χ1n) is 6.94. The molecular weight excluding hydrogens is 384 g/mol. The second-order valence-corrected chi connectivity index (χ2v) is 7.93. The molecule has 3 rings (SSSR count). The summed E-state index contributed by atoms with van der Waals surface area (Å²) in [6, 6.07) is 9.39. The van der Waals surface area contributed by atoms with Gasteiger partial charge in [0.25, 0.3) is 20.2 Å². The van der Waals surface area contributed by atoms with Crippen LogP contribution in [0.15, 0.2) is 68.3 Å². The third-order valence-electron chi connectivity index (χ3n) is 3.48. The molecule has 0 spiro atoms. The molecule has 0 aliphatic carbocycles. The van der Waals surface area contributed by atoms with Gasteiger partial charge < -0.3 is 0 Å². The topological polar surface area (TPSA) is 151 Å². The fraction of sp³-hybridized carbons (Fsp3) is 0. The molecule has 26 heavy (non-hydrogen) atoms. The lowest BCUT2D eigenvalue weighted by molar-refractivity contribution is 0.257. The van der Waals surface area contributed by atoms with Crippen molar-refractivity contribution in [3.63, 3.8) is 0 Å². The number of hydrogen-bond acceptors (Lipinski definition) is 5. The molecule has 0 saturated carbocycles. The highest BCUT2D eigenvalue weighted by Gasteiger charge is 2.30. The van der Waals surface area contributed by atoms with E-state index in [1.54, 1.807) is 0 Å². The van der Waals surface area contributed by atoms with E-state index in [-0.39, 0.29) is 22.6 Å². The summed E-state index contributed by atoms with van der Waals surface area (Å²) >= 11 is 0. The van der Waals surface area contributed by atoms with E-state index in [2.05, 4.69) is 9.98 Å². The summed E-state index contributed by atoms with van der Waals surface area (Å²) in [5, 5.41) is 0. The molecule has 0 fully saturated rings. The number of amides is 2. The first-order chi connectivity index (χ1) is 12.1. The van der Waals surface area contributed by atoms with Crippen LogP contribution in [0.2, 0.25) is 0 Å². The summed E-state index contributed by atoms with van der Waals surface area (Å²) in [4.78, 5) is 18.0. The number of benzene rings is 2. The fourth-order valence-corrected chi connectivity index (χ4v) is 3.86. The molecule has 9 nitrogen and oxygen atoms in total. The van der Waals surface area contributed by atoms with Crippen molar-refractivity contribution in [1.82, 2.24) is 0 Å². The second-order valence-electron chi connectivity index (χ2n) is 5.15. The average Bonchev–Trinajstić information content (AvgIpc) is 2.95. The largest absolute Gasteiger partial charge is 0.368 e. The summed E-state index contributed by atoms with van der Waals surface area (Å²) in [6.07, 6.45) is 0. The summed E-state index contributed by atoms with van der Waals surface area (Å²) in [5.41, 5.74) is -0.742. The minimum atomic E-state index is -4.65. The third-order valence-corrected chi connectivity index (χ3v) is 5.30. The molecular formula is C15H10N2O7S2. The van der Waals surface area contributed by atoms with Crippen molar-refractivity contribution in [2.24, 2.45) is 9.98 Å². The molecule has 0 radical (unpaired) electrons. The first kappa shape index (κ1) is 18.1. The monoisotopic (exact) mass is 394 g/mol. The average molecular weight is 394 g/mol. The van der Waals surface area contributed by atoms with E-state index >= 15 is 0 Å². The number of carbonyl (C=O) groups excluding carboxylic acids is 1. The third kappa shape index (κ3) is 3.32. The highest BCUT2D eigenvalue weighted by molar-refractivity contribution is 7.86. The van der Waals surface area contributed by atoms with Crippen molar-refractivity contribution in [3.05, 3.63) is 59.7 Å². The van der Waals surface area contributed by atoms with Crippen molar-refractivity contribution in [1.29, 1.82) is 0 Å². The van der Waals surface area contributed by atoms with Gasteiger partial charge in [-0.2, -0.15) is 26.8 Å². The van der Waals surface area contributed by atoms with Crippen LogP contribution in [-0.2, 0) is 20.2 Å². The normalized spacial score (nSPS) is 14.9. The lowest BCUT2D eigenvalue weighted by atomic mass is 10.00. The van der Waals surface area contributed by atoms with Gasteiger partial charge in [-0.15, -0.1) is 0 Å². The Balaban J connectivity index is 2.27. The number of aliphatic imine (C=N–C) groups is 2. The van der Waals surface area contributed by atoms with E-state index in [0.717, 1.165) is 12.1 Å².